The number of aliphatic hydroxyl groups is 1. The number of hydrogen-bond donors (Lipinski definition) is 3. The maximum atomic E-state index is 9.07. The molecule has 0 fully saturated rings. The van der Waals surface area contributed by atoms with Gasteiger partial charge in [0, 0.05) is 19.6 Å². The minimum atomic E-state index is -0.294. The number of anilines is 1. The number of nitrogens with one attached hydrogen (secondary N) is 2. The molecule has 0 spiro atoms. The first kappa shape index (κ1) is 12.3. The number of para-hydroxylation sites is 1. The van der Waals surface area contributed by atoms with Gasteiger partial charge in [0.05, 0.1) is 16.3 Å². The molecule has 0 aliphatic rings. The molecule has 17 heavy (non-hydrogen) atoms. The predicted octanol–water partition coefficient (Wildman–Crippen LogP) is 1.68. The summed E-state index contributed by atoms with van der Waals surface area (Å²) in [6.45, 7) is 4.03. The van der Waals surface area contributed by atoms with Gasteiger partial charge in [0.2, 0.25) is 0 Å². The highest BCUT2D eigenvalue weighted by Gasteiger charge is 2.01. The van der Waals surface area contributed by atoms with Crippen molar-refractivity contribution in [2.45, 2.75) is 13.0 Å². The first-order valence-corrected chi connectivity index (χ1v) is 6.55. The topological polar surface area (TPSA) is 57.2 Å². The number of thiazole rings is 1. The van der Waals surface area contributed by atoms with Crippen molar-refractivity contribution in [1.82, 2.24) is 10.3 Å². The molecule has 1 unspecified atom stereocenters. The van der Waals surface area contributed by atoms with Gasteiger partial charge in [0.25, 0.3) is 0 Å². The molecule has 4 nitrogen and oxygen atoms in total. The number of benzene rings is 1. The molecule has 2 aromatic rings. The summed E-state index contributed by atoms with van der Waals surface area (Å²) in [7, 11) is 0. The zero-order valence-corrected chi connectivity index (χ0v) is 10.6. The monoisotopic (exact) mass is 251 g/mol. The fourth-order valence-corrected chi connectivity index (χ4v) is 2.41. The van der Waals surface area contributed by atoms with Crippen molar-refractivity contribution in [1.29, 1.82) is 0 Å². The largest absolute Gasteiger partial charge is 0.392 e. The lowest BCUT2D eigenvalue weighted by Gasteiger charge is -2.06. The summed E-state index contributed by atoms with van der Waals surface area (Å²) in [6.07, 6.45) is -0.294. The maximum absolute atomic E-state index is 9.07. The molecule has 92 valence electrons. The van der Waals surface area contributed by atoms with Crippen molar-refractivity contribution in [2.75, 3.05) is 25.0 Å². The number of fused-ring (bicyclic) bond motifs is 1. The van der Waals surface area contributed by atoms with E-state index in [9.17, 15) is 0 Å². The molecule has 0 saturated carbocycles. The van der Waals surface area contributed by atoms with Crippen LogP contribution in [0.2, 0.25) is 0 Å². The molecule has 1 heterocycles. The third kappa shape index (κ3) is 3.66. The Morgan fingerprint density at radius 2 is 2.18 bits per heavy atom. The van der Waals surface area contributed by atoms with Gasteiger partial charge in [-0.25, -0.2) is 4.98 Å². The molecule has 0 bridgehead atoms. The molecule has 3 N–H and O–H groups in total. The Morgan fingerprint density at radius 3 is 2.94 bits per heavy atom. The van der Waals surface area contributed by atoms with E-state index in [2.05, 4.69) is 21.7 Å². The van der Waals surface area contributed by atoms with Crippen LogP contribution in [0, 0.1) is 0 Å². The molecular weight excluding hydrogens is 234 g/mol. The van der Waals surface area contributed by atoms with Crippen LogP contribution in [-0.2, 0) is 0 Å². The van der Waals surface area contributed by atoms with Gasteiger partial charge in [-0.1, -0.05) is 23.5 Å². The molecule has 2 rings (SSSR count). The third-order valence-corrected chi connectivity index (χ3v) is 3.31. The number of aliphatic hydroxyl groups excluding tert-OH is 1. The molecule has 5 heteroatoms. The van der Waals surface area contributed by atoms with E-state index >= 15 is 0 Å². The normalized spacial score (nSPS) is 12.8. The number of hydrogen-bond acceptors (Lipinski definition) is 5. The first-order valence-electron chi connectivity index (χ1n) is 5.74. The lowest BCUT2D eigenvalue weighted by Crippen LogP contribution is -2.28. The lowest BCUT2D eigenvalue weighted by atomic mass is 10.3. The number of aromatic nitrogens is 1. The molecule has 0 aliphatic carbocycles. The fraction of sp³-hybridized carbons (Fsp3) is 0.417. The van der Waals surface area contributed by atoms with Crippen LogP contribution in [-0.4, -0.2) is 35.8 Å². The molecule has 0 saturated heterocycles. The van der Waals surface area contributed by atoms with Crippen molar-refractivity contribution < 1.29 is 5.11 Å². The van der Waals surface area contributed by atoms with Crippen LogP contribution in [0.15, 0.2) is 24.3 Å². The van der Waals surface area contributed by atoms with E-state index in [0.29, 0.717) is 6.54 Å². The van der Waals surface area contributed by atoms with E-state index in [1.807, 2.05) is 18.2 Å². The molecule has 0 radical (unpaired) electrons. The molecule has 0 aliphatic heterocycles. The smallest absolute Gasteiger partial charge is 0.183 e. The Labute approximate surface area is 105 Å². The third-order valence-electron chi connectivity index (χ3n) is 2.31. The highest BCUT2D eigenvalue weighted by molar-refractivity contribution is 7.22. The Hall–Kier alpha value is -1.17. The number of rotatable bonds is 6. The summed E-state index contributed by atoms with van der Waals surface area (Å²) in [5.41, 5.74) is 1.04. The van der Waals surface area contributed by atoms with E-state index in [1.165, 1.54) is 4.70 Å². The summed E-state index contributed by atoms with van der Waals surface area (Å²) in [4.78, 5) is 4.48. The van der Waals surface area contributed by atoms with Crippen LogP contribution in [0.1, 0.15) is 6.92 Å². The molecule has 1 aromatic carbocycles. The SMILES string of the molecule is CC(O)CNCCNc1nc2ccccc2s1. The van der Waals surface area contributed by atoms with Crippen molar-refractivity contribution in [3.05, 3.63) is 24.3 Å². The van der Waals surface area contributed by atoms with Gasteiger partial charge >= 0.3 is 0 Å². The van der Waals surface area contributed by atoms with Gasteiger partial charge in [-0.05, 0) is 19.1 Å². The van der Waals surface area contributed by atoms with Crippen LogP contribution in [0.3, 0.4) is 0 Å². The van der Waals surface area contributed by atoms with Gasteiger partial charge in [0.15, 0.2) is 5.13 Å². The summed E-state index contributed by atoms with van der Waals surface area (Å²) in [5, 5.41) is 16.4. The van der Waals surface area contributed by atoms with Crippen molar-refractivity contribution in [2.24, 2.45) is 0 Å². The number of nitrogens with zero attached hydrogens (tertiary/aromatic N) is 1. The standard InChI is InChI=1S/C12H17N3OS/c1-9(16)8-13-6-7-14-12-15-10-4-2-3-5-11(10)17-12/h2-5,9,13,16H,6-8H2,1H3,(H,14,15). The Kier molecular flexibility index (Phi) is 4.30. The van der Waals surface area contributed by atoms with E-state index in [4.69, 9.17) is 5.11 Å². The highest BCUT2D eigenvalue weighted by atomic mass is 32.1. The zero-order valence-electron chi connectivity index (χ0n) is 9.81. The second kappa shape index (κ2) is 5.95. The summed E-state index contributed by atoms with van der Waals surface area (Å²) < 4.78 is 1.20. The maximum Gasteiger partial charge on any atom is 0.183 e. The van der Waals surface area contributed by atoms with Crippen LogP contribution in [0.25, 0.3) is 10.2 Å². The summed E-state index contributed by atoms with van der Waals surface area (Å²) in [5.74, 6) is 0. The van der Waals surface area contributed by atoms with E-state index in [0.717, 1.165) is 23.7 Å². The molecule has 1 aromatic heterocycles. The average molecular weight is 251 g/mol. The van der Waals surface area contributed by atoms with Crippen molar-refractivity contribution in [3.8, 4) is 0 Å². The first-order chi connectivity index (χ1) is 8.25. The van der Waals surface area contributed by atoms with E-state index in [-0.39, 0.29) is 6.10 Å². The highest BCUT2D eigenvalue weighted by Crippen LogP contribution is 2.24. The quantitative estimate of drug-likeness (QED) is 0.684. The van der Waals surface area contributed by atoms with Gasteiger partial charge in [0.1, 0.15) is 0 Å². The fourth-order valence-electron chi connectivity index (χ4n) is 1.52. The lowest BCUT2D eigenvalue weighted by molar-refractivity contribution is 0.192. The van der Waals surface area contributed by atoms with Crippen LogP contribution < -0.4 is 10.6 Å². The van der Waals surface area contributed by atoms with Crippen LogP contribution in [0.4, 0.5) is 5.13 Å². The van der Waals surface area contributed by atoms with Crippen LogP contribution >= 0.6 is 11.3 Å². The summed E-state index contributed by atoms with van der Waals surface area (Å²) in [6, 6.07) is 8.11. The van der Waals surface area contributed by atoms with Gasteiger partial charge in [-0.2, -0.15) is 0 Å². The molecule has 0 amide bonds. The van der Waals surface area contributed by atoms with Gasteiger partial charge < -0.3 is 15.7 Å². The minimum Gasteiger partial charge on any atom is -0.392 e. The Balaban J connectivity index is 1.79. The van der Waals surface area contributed by atoms with E-state index in [1.54, 1.807) is 18.3 Å². The van der Waals surface area contributed by atoms with Gasteiger partial charge in [-0.3, -0.25) is 0 Å². The minimum absolute atomic E-state index is 0.294. The Bertz CT molecular complexity index is 436. The zero-order chi connectivity index (χ0) is 12.1. The average Bonchev–Trinajstić information content (AvgIpc) is 2.70. The summed E-state index contributed by atoms with van der Waals surface area (Å²) >= 11 is 1.66. The molecular formula is C12H17N3OS. The van der Waals surface area contributed by atoms with E-state index < -0.39 is 0 Å². The predicted molar refractivity (Wildman–Crippen MR) is 72.7 cm³/mol. The van der Waals surface area contributed by atoms with Gasteiger partial charge in [-0.15, -0.1) is 0 Å². The van der Waals surface area contributed by atoms with Crippen LogP contribution in [0.5, 0.6) is 0 Å². The second-order valence-corrected chi connectivity index (χ2v) is 5.00. The second-order valence-electron chi connectivity index (χ2n) is 3.97. The Morgan fingerprint density at radius 1 is 1.35 bits per heavy atom. The van der Waals surface area contributed by atoms with Crippen molar-refractivity contribution >= 4 is 26.7 Å². The van der Waals surface area contributed by atoms with Crippen molar-refractivity contribution in [3.63, 3.8) is 0 Å². The molecule has 1 atom stereocenters.